The molecule has 0 aliphatic carbocycles. The normalized spacial score (nSPS) is 13.2. The third-order valence-corrected chi connectivity index (χ3v) is 13.6. The molecular formula is C14H35NO3Si2. The Labute approximate surface area is 128 Å². The standard InChI is InChI=1S/C14H35NO3Si2/c1-8-19(9-2,10-3)15(4)13-11-12-14-20(16-5,17-6)18-7/h8-14H2,1-7H3. The fourth-order valence-corrected chi connectivity index (χ4v) is 8.59. The highest BCUT2D eigenvalue weighted by Gasteiger charge is 2.37. The molecule has 122 valence electrons. The summed E-state index contributed by atoms with van der Waals surface area (Å²) in [6.45, 7) is 8.25. The summed E-state index contributed by atoms with van der Waals surface area (Å²) >= 11 is 0. The maximum atomic E-state index is 5.46. The third-order valence-electron chi connectivity index (χ3n) is 4.94. The van der Waals surface area contributed by atoms with Crippen molar-refractivity contribution in [1.82, 2.24) is 4.57 Å². The Kier molecular flexibility index (Phi) is 10.2. The first-order valence-corrected chi connectivity index (χ1v) is 12.4. The molecule has 0 aliphatic heterocycles. The van der Waals surface area contributed by atoms with E-state index in [4.69, 9.17) is 13.3 Å². The molecule has 0 saturated heterocycles. The molecule has 0 rings (SSSR count). The quantitative estimate of drug-likeness (QED) is 0.406. The van der Waals surface area contributed by atoms with Crippen molar-refractivity contribution >= 4 is 17.0 Å². The van der Waals surface area contributed by atoms with Gasteiger partial charge >= 0.3 is 8.80 Å². The Morgan fingerprint density at radius 2 is 1.25 bits per heavy atom. The predicted octanol–water partition coefficient (Wildman–Crippen LogP) is 3.58. The van der Waals surface area contributed by atoms with Gasteiger partial charge in [0.05, 0.1) is 0 Å². The fourth-order valence-electron chi connectivity index (χ4n) is 3.04. The molecule has 4 nitrogen and oxygen atoms in total. The van der Waals surface area contributed by atoms with Gasteiger partial charge in [-0.3, -0.25) is 0 Å². The van der Waals surface area contributed by atoms with E-state index in [1.54, 1.807) is 21.3 Å². The lowest BCUT2D eigenvalue weighted by Gasteiger charge is -2.38. The molecule has 0 radical (unpaired) electrons. The number of hydrogen-bond donors (Lipinski definition) is 0. The van der Waals surface area contributed by atoms with Crippen LogP contribution in [-0.4, -0.2) is 56.5 Å². The molecule has 0 spiro atoms. The molecule has 0 heterocycles. The molecule has 0 atom stereocenters. The van der Waals surface area contributed by atoms with E-state index in [0.717, 1.165) is 12.5 Å². The van der Waals surface area contributed by atoms with Crippen LogP contribution in [0.1, 0.15) is 33.6 Å². The molecule has 0 unspecified atom stereocenters. The van der Waals surface area contributed by atoms with Crippen molar-refractivity contribution in [2.45, 2.75) is 57.8 Å². The third kappa shape index (κ3) is 5.23. The van der Waals surface area contributed by atoms with Crippen LogP contribution in [0.4, 0.5) is 0 Å². The van der Waals surface area contributed by atoms with Crippen molar-refractivity contribution in [3.63, 3.8) is 0 Å². The molecule has 0 aromatic heterocycles. The summed E-state index contributed by atoms with van der Waals surface area (Å²) in [6, 6.07) is 4.96. The molecule has 0 saturated carbocycles. The van der Waals surface area contributed by atoms with Crippen molar-refractivity contribution in [1.29, 1.82) is 0 Å². The highest BCUT2D eigenvalue weighted by Crippen LogP contribution is 2.24. The fraction of sp³-hybridized carbons (Fsp3) is 1.00. The number of nitrogens with zero attached hydrogens (tertiary/aromatic N) is 1. The minimum atomic E-state index is -2.37. The van der Waals surface area contributed by atoms with Crippen molar-refractivity contribution in [2.24, 2.45) is 0 Å². The summed E-state index contributed by atoms with van der Waals surface area (Å²) in [5, 5.41) is 0. The highest BCUT2D eigenvalue weighted by molar-refractivity contribution is 6.76. The first-order chi connectivity index (χ1) is 9.49. The van der Waals surface area contributed by atoms with Gasteiger partial charge in [-0.1, -0.05) is 20.8 Å². The zero-order chi connectivity index (χ0) is 15.6. The Hall–Kier alpha value is 0.274. The molecule has 20 heavy (non-hydrogen) atoms. The van der Waals surface area contributed by atoms with E-state index in [9.17, 15) is 0 Å². The Balaban J connectivity index is 4.24. The molecule has 0 amide bonds. The minimum Gasteiger partial charge on any atom is -0.377 e. The first-order valence-electron chi connectivity index (χ1n) is 7.86. The smallest absolute Gasteiger partial charge is 0.377 e. The average Bonchev–Trinajstić information content (AvgIpc) is 2.50. The summed E-state index contributed by atoms with van der Waals surface area (Å²) in [5.41, 5.74) is 0. The second kappa shape index (κ2) is 10.1. The Morgan fingerprint density at radius 3 is 1.60 bits per heavy atom. The van der Waals surface area contributed by atoms with E-state index in [-0.39, 0.29) is 0 Å². The van der Waals surface area contributed by atoms with E-state index in [1.807, 2.05) is 0 Å². The second-order valence-corrected chi connectivity index (χ2v) is 13.9. The lowest BCUT2D eigenvalue weighted by Crippen LogP contribution is -2.50. The van der Waals surface area contributed by atoms with Gasteiger partial charge in [-0.15, -0.1) is 0 Å². The van der Waals surface area contributed by atoms with Gasteiger partial charge in [0.1, 0.15) is 8.24 Å². The van der Waals surface area contributed by atoms with Crippen LogP contribution in [0.15, 0.2) is 0 Å². The van der Waals surface area contributed by atoms with Gasteiger partial charge in [0.15, 0.2) is 0 Å². The van der Waals surface area contributed by atoms with E-state index >= 15 is 0 Å². The van der Waals surface area contributed by atoms with Gasteiger partial charge in [0, 0.05) is 27.4 Å². The summed E-state index contributed by atoms with van der Waals surface area (Å²) in [5.74, 6) is 0. The van der Waals surface area contributed by atoms with Crippen molar-refractivity contribution < 1.29 is 13.3 Å². The number of unbranched alkanes of at least 4 members (excludes halogenated alkanes) is 1. The lowest BCUT2D eigenvalue weighted by molar-refractivity contribution is 0.122. The Morgan fingerprint density at radius 1 is 0.800 bits per heavy atom. The SMILES string of the molecule is CC[Si](CC)(CC)N(C)CCCC[Si](OC)(OC)OC. The van der Waals surface area contributed by atoms with Gasteiger partial charge < -0.3 is 17.8 Å². The molecule has 6 heteroatoms. The number of rotatable bonds is 12. The zero-order valence-corrected chi connectivity index (χ0v) is 16.6. The van der Waals surface area contributed by atoms with Crippen molar-refractivity contribution in [3.8, 4) is 0 Å². The van der Waals surface area contributed by atoms with Gasteiger partial charge in [0.2, 0.25) is 0 Å². The first kappa shape index (κ1) is 20.3. The maximum absolute atomic E-state index is 5.46. The van der Waals surface area contributed by atoms with Crippen LogP contribution >= 0.6 is 0 Å². The van der Waals surface area contributed by atoms with Gasteiger partial charge in [0.25, 0.3) is 0 Å². The highest BCUT2D eigenvalue weighted by atomic mass is 28.4. The van der Waals surface area contributed by atoms with Crippen LogP contribution in [0, 0.1) is 0 Å². The summed E-state index contributed by atoms with van der Waals surface area (Å²) in [4.78, 5) is 0. The predicted molar refractivity (Wildman–Crippen MR) is 90.6 cm³/mol. The van der Waals surface area contributed by atoms with Gasteiger partial charge in [-0.25, -0.2) is 0 Å². The molecular weight excluding hydrogens is 286 g/mol. The zero-order valence-electron chi connectivity index (χ0n) is 14.6. The molecule has 0 N–H and O–H groups in total. The van der Waals surface area contributed by atoms with Crippen molar-refractivity contribution in [3.05, 3.63) is 0 Å². The molecule has 0 aromatic rings. The molecule has 0 aromatic carbocycles. The van der Waals surface area contributed by atoms with Crippen LogP contribution in [0.25, 0.3) is 0 Å². The van der Waals surface area contributed by atoms with E-state index in [2.05, 4.69) is 32.4 Å². The number of hydrogen-bond acceptors (Lipinski definition) is 4. The van der Waals surface area contributed by atoms with Crippen LogP contribution in [0.5, 0.6) is 0 Å². The average molecular weight is 322 g/mol. The lowest BCUT2D eigenvalue weighted by atomic mass is 10.3. The van der Waals surface area contributed by atoms with Crippen molar-refractivity contribution in [2.75, 3.05) is 34.9 Å². The Bertz CT molecular complexity index is 230. The van der Waals surface area contributed by atoms with Crippen LogP contribution in [0.2, 0.25) is 24.2 Å². The maximum Gasteiger partial charge on any atom is 0.500 e. The monoisotopic (exact) mass is 321 g/mol. The summed E-state index contributed by atoms with van der Waals surface area (Å²) in [6.07, 6.45) is 2.30. The largest absolute Gasteiger partial charge is 0.500 e. The van der Waals surface area contributed by atoms with Gasteiger partial charge in [-0.05, 0) is 44.6 Å². The molecule has 0 bridgehead atoms. The summed E-state index contributed by atoms with van der Waals surface area (Å²) < 4.78 is 19.1. The summed E-state index contributed by atoms with van der Waals surface area (Å²) in [7, 11) is 3.82. The van der Waals surface area contributed by atoms with Gasteiger partial charge in [-0.2, -0.15) is 0 Å². The minimum absolute atomic E-state index is 0.906. The van der Waals surface area contributed by atoms with E-state index in [1.165, 1.54) is 31.1 Å². The second-order valence-electron chi connectivity index (χ2n) is 5.46. The van der Waals surface area contributed by atoms with Crippen LogP contribution < -0.4 is 0 Å². The van der Waals surface area contributed by atoms with E-state index < -0.39 is 17.0 Å². The molecule has 0 aliphatic rings. The van der Waals surface area contributed by atoms with Crippen LogP contribution in [0.3, 0.4) is 0 Å². The topological polar surface area (TPSA) is 30.9 Å². The van der Waals surface area contributed by atoms with E-state index in [0.29, 0.717) is 0 Å². The van der Waals surface area contributed by atoms with Crippen LogP contribution in [-0.2, 0) is 13.3 Å². The molecule has 0 fully saturated rings.